The summed E-state index contributed by atoms with van der Waals surface area (Å²) in [6, 6.07) is 6.13. The summed E-state index contributed by atoms with van der Waals surface area (Å²) in [5, 5.41) is 11.1. The van der Waals surface area contributed by atoms with Crippen molar-refractivity contribution < 1.29 is 4.92 Å². The molecule has 23 heavy (non-hydrogen) atoms. The SMILES string of the molecule is CN(C)C=Nc1nc(Cl)c(Cc2ccc([N+](=O)[O-])cc2)c(Cl)n1. The lowest BCUT2D eigenvalue weighted by molar-refractivity contribution is -0.384. The van der Waals surface area contributed by atoms with Gasteiger partial charge in [0, 0.05) is 38.2 Å². The van der Waals surface area contributed by atoms with Crippen LogP contribution in [0.1, 0.15) is 11.1 Å². The van der Waals surface area contributed by atoms with E-state index >= 15 is 0 Å². The van der Waals surface area contributed by atoms with Crippen LogP contribution in [0, 0.1) is 10.1 Å². The smallest absolute Gasteiger partial charge is 0.269 e. The van der Waals surface area contributed by atoms with Crippen molar-refractivity contribution in [2.24, 2.45) is 4.99 Å². The van der Waals surface area contributed by atoms with Gasteiger partial charge in [-0.1, -0.05) is 35.3 Å². The van der Waals surface area contributed by atoms with Gasteiger partial charge >= 0.3 is 0 Å². The fourth-order valence-corrected chi connectivity index (χ4v) is 2.24. The third kappa shape index (κ3) is 4.61. The Balaban J connectivity index is 2.24. The highest BCUT2D eigenvalue weighted by atomic mass is 35.5. The standard InChI is InChI=1S/C14H13Cl2N5O2/c1-20(2)8-17-14-18-12(15)11(13(16)19-14)7-9-3-5-10(6-4-9)21(22)23/h3-6,8H,7H2,1-2H3. The number of non-ortho nitro benzene ring substituents is 1. The maximum absolute atomic E-state index is 10.7. The summed E-state index contributed by atoms with van der Waals surface area (Å²) >= 11 is 12.3. The highest BCUT2D eigenvalue weighted by molar-refractivity contribution is 6.34. The summed E-state index contributed by atoms with van der Waals surface area (Å²) < 4.78 is 0. The van der Waals surface area contributed by atoms with Crippen LogP contribution in [0.15, 0.2) is 29.3 Å². The summed E-state index contributed by atoms with van der Waals surface area (Å²) in [6.45, 7) is 0. The molecule has 0 bridgehead atoms. The van der Waals surface area contributed by atoms with Crippen LogP contribution in [0.2, 0.25) is 10.3 Å². The van der Waals surface area contributed by atoms with Crippen molar-refractivity contribution in [3.05, 3.63) is 55.8 Å². The van der Waals surface area contributed by atoms with Gasteiger partial charge in [-0.15, -0.1) is 0 Å². The van der Waals surface area contributed by atoms with Gasteiger partial charge in [0.2, 0.25) is 0 Å². The summed E-state index contributed by atoms with van der Waals surface area (Å²) in [6.07, 6.45) is 1.91. The van der Waals surface area contributed by atoms with E-state index < -0.39 is 4.92 Å². The number of halogens is 2. The molecule has 0 radical (unpaired) electrons. The number of nitrogens with zero attached hydrogens (tertiary/aromatic N) is 5. The number of hydrogen-bond donors (Lipinski definition) is 0. The molecule has 0 N–H and O–H groups in total. The van der Waals surface area contributed by atoms with Crippen LogP contribution in [-0.4, -0.2) is 40.2 Å². The van der Waals surface area contributed by atoms with E-state index in [4.69, 9.17) is 23.2 Å². The van der Waals surface area contributed by atoms with Crippen LogP contribution in [0.5, 0.6) is 0 Å². The molecule has 0 amide bonds. The molecule has 120 valence electrons. The van der Waals surface area contributed by atoms with Gasteiger partial charge in [-0.3, -0.25) is 10.1 Å². The Kier molecular flexibility index (Phi) is 5.46. The van der Waals surface area contributed by atoms with E-state index in [9.17, 15) is 10.1 Å². The lowest BCUT2D eigenvalue weighted by atomic mass is 10.1. The Hall–Kier alpha value is -2.25. The van der Waals surface area contributed by atoms with Gasteiger partial charge in [-0.25, -0.2) is 4.99 Å². The fraction of sp³-hybridized carbons (Fsp3) is 0.214. The molecule has 0 fully saturated rings. The molecule has 2 rings (SSSR count). The molecular weight excluding hydrogens is 341 g/mol. The predicted molar refractivity (Wildman–Crippen MR) is 89.8 cm³/mol. The van der Waals surface area contributed by atoms with Crippen LogP contribution in [0.3, 0.4) is 0 Å². The zero-order valence-corrected chi connectivity index (χ0v) is 13.9. The number of nitro benzene ring substituents is 1. The first-order chi connectivity index (χ1) is 10.9. The summed E-state index contributed by atoms with van der Waals surface area (Å²) in [5.74, 6) is 0.168. The molecule has 1 aromatic heterocycles. The molecule has 7 nitrogen and oxygen atoms in total. The number of rotatable bonds is 5. The van der Waals surface area contributed by atoms with E-state index in [2.05, 4.69) is 15.0 Å². The zero-order valence-electron chi connectivity index (χ0n) is 12.4. The third-order valence-corrected chi connectivity index (χ3v) is 3.45. The minimum absolute atomic E-state index is 0.0237. The van der Waals surface area contributed by atoms with E-state index in [0.717, 1.165) is 5.56 Å². The number of hydrogen-bond acceptors (Lipinski definition) is 5. The largest absolute Gasteiger partial charge is 0.369 e. The summed E-state index contributed by atoms with van der Waals surface area (Å²) in [5.41, 5.74) is 1.38. The van der Waals surface area contributed by atoms with E-state index in [0.29, 0.717) is 12.0 Å². The second-order valence-electron chi connectivity index (χ2n) is 4.89. The number of aromatic nitrogens is 2. The highest BCUT2D eigenvalue weighted by Crippen LogP contribution is 2.27. The number of nitro groups is 1. The molecule has 2 aromatic rings. The fourth-order valence-electron chi connectivity index (χ4n) is 1.73. The molecule has 0 aliphatic heterocycles. The molecule has 1 heterocycles. The van der Waals surface area contributed by atoms with Crippen LogP contribution in [-0.2, 0) is 6.42 Å². The van der Waals surface area contributed by atoms with E-state index in [1.807, 2.05) is 14.1 Å². The van der Waals surface area contributed by atoms with Crippen LogP contribution in [0.4, 0.5) is 11.6 Å². The van der Waals surface area contributed by atoms with Crippen LogP contribution < -0.4 is 0 Å². The van der Waals surface area contributed by atoms with E-state index in [1.54, 1.807) is 17.0 Å². The second kappa shape index (κ2) is 7.34. The molecule has 0 saturated carbocycles. The topological polar surface area (TPSA) is 84.5 Å². The van der Waals surface area contributed by atoms with Gasteiger partial charge in [-0.05, 0) is 5.56 Å². The van der Waals surface area contributed by atoms with Crippen molar-refractivity contribution in [1.29, 1.82) is 0 Å². The van der Waals surface area contributed by atoms with Crippen molar-refractivity contribution in [2.45, 2.75) is 6.42 Å². The molecule has 1 aromatic carbocycles. The number of aliphatic imine (C=N–C) groups is 1. The van der Waals surface area contributed by atoms with Gasteiger partial charge in [0.05, 0.1) is 11.3 Å². The number of benzene rings is 1. The first-order valence-corrected chi connectivity index (χ1v) is 7.28. The van der Waals surface area contributed by atoms with E-state index in [-0.39, 0.29) is 21.9 Å². The van der Waals surface area contributed by atoms with Crippen LogP contribution >= 0.6 is 23.2 Å². The monoisotopic (exact) mass is 353 g/mol. The summed E-state index contributed by atoms with van der Waals surface area (Å²) in [7, 11) is 3.63. The first-order valence-electron chi connectivity index (χ1n) is 6.52. The van der Waals surface area contributed by atoms with Gasteiger partial charge < -0.3 is 4.90 Å². The summed E-state index contributed by atoms with van der Waals surface area (Å²) in [4.78, 5) is 24.1. The lowest BCUT2D eigenvalue weighted by Crippen LogP contribution is -2.07. The highest BCUT2D eigenvalue weighted by Gasteiger charge is 2.13. The first kappa shape index (κ1) is 17.1. The zero-order chi connectivity index (χ0) is 17.0. The molecule has 0 atom stereocenters. The maximum Gasteiger partial charge on any atom is 0.269 e. The molecule has 9 heteroatoms. The minimum Gasteiger partial charge on any atom is -0.369 e. The van der Waals surface area contributed by atoms with Gasteiger partial charge in [-0.2, -0.15) is 9.97 Å². The van der Waals surface area contributed by atoms with Crippen molar-refractivity contribution in [2.75, 3.05) is 14.1 Å². The van der Waals surface area contributed by atoms with Gasteiger partial charge in [0.25, 0.3) is 11.6 Å². The van der Waals surface area contributed by atoms with Gasteiger partial charge in [0.1, 0.15) is 10.3 Å². The molecule has 0 spiro atoms. The van der Waals surface area contributed by atoms with Crippen molar-refractivity contribution in [3.8, 4) is 0 Å². The normalized spacial score (nSPS) is 11.0. The van der Waals surface area contributed by atoms with Crippen molar-refractivity contribution >= 4 is 41.2 Å². The average molecular weight is 354 g/mol. The Morgan fingerprint density at radius 3 is 2.26 bits per heavy atom. The molecule has 0 aliphatic carbocycles. The Labute approximate surface area is 142 Å². The Morgan fingerprint density at radius 1 is 1.22 bits per heavy atom. The molecule has 0 saturated heterocycles. The third-order valence-electron chi connectivity index (χ3n) is 2.83. The predicted octanol–water partition coefficient (Wildman–Crippen LogP) is 3.50. The Morgan fingerprint density at radius 2 is 1.78 bits per heavy atom. The molecular formula is C14H13Cl2N5O2. The van der Waals surface area contributed by atoms with Crippen molar-refractivity contribution in [3.63, 3.8) is 0 Å². The molecule has 0 aliphatic rings. The lowest BCUT2D eigenvalue weighted by Gasteiger charge is -2.07. The quantitative estimate of drug-likeness (QED) is 0.270. The molecule has 0 unspecified atom stereocenters. The van der Waals surface area contributed by atoms with Crippen LogP contribution in [0.25, 0.3) is 0 Å². The van der Waals surface area contributed by atoms with Crippen molar-refractivity contribution in [1.82, 2.24) is 14.9 Å². The van der Waals surface area contributed by atoms with E-state index in [1.165, 1.54) is 18.5 Å². The Bertz CT molecular complexity index is 724. The minimum atomic E-state index is -0.454. The maximum atomic E-state index is 10.7. The second-order valence-corrected chi connectivity index (χ2v) is 5.61. The van der Waals surface area contributed by atoms with Gasteiger partial charge in [0.15, 0.2) is 0 Å². The average Bonchev–Trinajstić information content (AvgIpc) is 2.49.